The van der Waals surface area contributed by atoms with Gasteiger partial charge < -0.3 is 20.3 Å². The standard InChI is InChI=1S/C18H31N5O2/c24-13-14-7-3-1-4-8-15(14)20-18(25)19-11-10-17-22-21-16-9-5-2-6-12-23(16)17/h14-15,24H,1-13H2,(H2,19,20,25)/t14-,15+/m1/s1. The monoisotopic (exact) mass is 349 g/mol. The lowest BCUT2D eigenvalue weighted by Gasteiger charge is -2.24. The zero-order valence-electron chi connectivity index (χ0n) is 15.0. The van der Waals surface area contributed by atoms with E-state index in [4.69, 9.17) is 0 Å². The highest BCUT2D eigenvalue weighted by molar-refractivity contribution is 5.74. The topological polar surface area (TPSA) is 92.1 Å². The number of fused-ring (bicyclic) bond motifs is 1. The average Bonchev–Trinajstić information content (AvgIpc) is 2.80. The molecule has 1 aliphatic carbocycles. The highest BCUT2D eigenvalue weighted by Crippen LogP contribution is 2.23. The summed E-state index contributed by atoms with van der Waals surface area (Å²) < 4.78 is 2.22. The lowest BCUT2D eigenvalue weighted by molar-refractivity contribution is 0.179. The van der Waals surface area contributed by atoms with Gasteiger partial charge in [-0.1, -0.05) is 25.7 Å². The molecule has 0 unspecified atom stereocenters. The number of nitrogens with one attached hydrogen (secondary N) is 2. The molecule has 3 rings (SSSR count). The van der Waals surface area contributed by atoms with E-state index in [0.29, 0.717) is 13.0 Å². The molecule has 2 amide bonds. The number of carbonyl (C=O) groups excluding carboxylic acids is 1. The summed E-state index contributed by atoms with van der Waals surface area (Å²) in [6.45, 7) is 1.70. The Bertz CT molecular complexity index is 560. The molecule has 3 N–H and O–H groups in total. The van der Waals surface area contributed by atoms with Gasteiger partial charge in [0.15, 0.2) is 0 Å². The Morgan fingerprint density at radius 1 is 1.12 bits per heavy atom. The molecule has 0 aromatic carbocycles. The van der Waals surface area contributed by atoms with Crippen LogP contribution in [-0.2, 0) is 19.4 Å². The van der Waals surface area contributed by atoms with Crippen molar-refractivity contribution in [2.75, 3.05) is 13.2 Å². The van der Waals surface area contributed by atoms with Gasteiger partial charge >= 0.3 is 6.03 Å². The first-order valence-electron chi connectivity index (χ1n) is 9.84. The van der Waals surface area contributed by atoms with Gasteiger partial charge in [-0.25, -0.2) is 4.79 Å². The maximum absolute atomic E-state index is 12.2. The molecule has 1 aromatic heterocycles. The van der Waals surface area contributed by atoms with Crippen molar-refractivity contribution in [3.8, 4) is 0 Å². The van der Waals surface area contributed by atoms with E-state index in [0.717, 1.165) is 50.3 Å². The number of rotatable bonds is 5. The van der Waals surface area contributed by atoms with Crippen LogP contribution in [0.4, 0.5) is 4.79 Å². The molecule has 2 aliphatic rings. The van der Waals surface area contributed by atoms with Gasteiger partial charge in [-0.05, 0) is 25.7 Å². The van der Waals surface area contributed by atoms with Gasteiger partial charge in [0, 0.05) is 44.5 Å². The van der Waals surface area contributed by atoms with Gasteiger partial charge in [0.05, 0.1) is 0 Å². The summed E-state index contributed by atoms with van der Waals surface area (Å²) in [5.41, 5.74) is 0. The number of aryl methyl sites for hydroxylation is 1. The molecular weight excluding hydrogens is 318 g/mol. The summed E-state index contributed by atoms with van der Waals surface area (Å²) in [4.78, 5) is 12.2. The minimum absolute atomic E-state index is 0.0804. The quantitative estimate of drug-likeness (QED) is 0.707. The third kappa shape index (κ3) is 4.93. The summed E-state index contributed by atoms with van der Waals surface area (Å²) in [6, 6.07) is -0.0576. The third-order valence-corrected chi connectivity index (χ3v) is 5.53. The Balaban J connectivity index is 1.45. The molecule has 0 spiro atoms. The van der Waals surface area contributed by atoms with E-state index in [1.54, 1.807) is 0 Å². The largest absolute Gasteiger partial charge is 0.396 e. The number of aliphatic hydroxyl groups excluding tert-OH is 1. The molecule has 0 radical (unpaired) electrons. The second-order valence-electron chi connectivity index (χ2n) is 7.33. The van der Waals surface area contributed by atoms with Crippen molar-refractivity contribution in [3.05, 3.63) is 11.6 Å². The minimum Gasteiger partial charge on any atom is -0.396 e. The van der Waals surface area contributed by atoms with Crippen molar-refractivity contribution < 1.29 is 9.90 Å². The second kappa shape index (κ2) is 9.17. The first kappa shape index (κ1) is 18.2. The van der Waals surface area contributed by atoms with Gasteiger partial charge in [-0.3, -0.25) is 0 Å². The number of aliphatic hydroxyl groups is 1. The maximum Gasteiger partial charge on any atom is 0.315 e. The Morgan fingerprint density at radius 3 is 2.84 bits per heavy atom. The van der Waals surface area contributed by atoms with E-state index in [-0.39, 0.29) is 24.6 Å². The summed E-state index contributed by atoms with van der Waals surface area (Å²) in [5, 5.41) is 24.1. The fourth-order valence-electron chi connectivity index (χ4n) is 4.03. The lowest BCUT2D eigenvalue weighted by atomic mass is 9.96. The molecule has 2 atom stereocenters. The summed E-state index contributed by atoms with van der Waals surface area (Å²) >= 11 is 0. The Hall–Kier alpha value is -1.63. The van der Waals surface area contributed by atoms with E-state index in [9.17, 15) is 9.90 Å². The zero-order chi connectivity index (χ0) is 17.5. The van der Waals surface area contributed by atoms with Crippen molar-refractivity contribution in [2.45, 2.75) is 76.8 Å². The summed E-state index contributed by atoms with van der Waals surface area (Å²) in [6.07, 6.45) is 10.7. The Kier molecular flexibility index (Phi) is 6.67. The lowest BCUT2D eigenvalue weighted by Crippen LogP contribution is -2.46. The maximum atomic E-state index is 12.2. The molecule has 2 heterocycles. The van der Waals surface area contributed by atoms with Crippen molar-refractivity contribution >= 4 is 6.03 Å². The number of urea groups is 1. The molecule has 0 saturated heterocycles. The van der Waals surface area contributed by atoms with Gasteiger partial charge in [0.2, 0.25) is 0 Å². The number of amides is 2. The van der Waals surface area contributed by atoms with Crippen molar-refractivity contribution in [1.82, 2.24) is 25.4 Å². The van der Waals surface area contributed by atoms with Crippen LogP contribution in [0, 0.1) is 5.92 Å². The first-order valence-corrected chi connectivity index (χ1v) is 9.84. The smallest absolute Gasteiger partial charge is 0.315 e. The number of hydrogen-bond donors (Lipinski definition) is 3. The summed E-state index contributed by atoms with van der Waals surface area (Å²) in [5.74, 6) is 2.24. The van der Waals surface area contributed by atoms with Crippen molar-refractivity contribution in [2.24, 2.45) is 5.92 Å². The van der Waals surface area contributed by atoms with Crippen LogP contribution in [0.25, 0.3) is 0 Å². The van der Waals surface area contributed by atoms with Crippen LogP contribution in [0.3, 0.4) is 0 Å². The van der Waals surface area contributed by atoms with E-state index >= 15 is 0 Å². The van der Waals surface area contributed by atoms with Crippen LogP contribution < -0.4 is 10.6 Å². The molecule has 7 nitrogen and oxygen atoms in total. The average molecular weight is 349 g/mol. The number of carbonyl (C=O) groups is 1. The number of aromatic nitrogens is 3. The first-order chi connectivity index (χ1) is 12.3. The van der Waals surface area contributed by atoms with E-state index in [1.807, 2.05) is 0 Å². The number of hydrogen-bond acceptors (Lipinski definition) is 4. The third-order valence-electron chi connectivity index (χ3n) is 5.53. The molecule has 1 aromatic rings. The molecule has 1 saturated carbocycles. The van der Waals surface area contributed by atoms with E-state index in [1.165, 1.54) is 25.7 Å². The molecule has 1 fully saturated rings. The highest BCUT2D eigenvalue weighted by atomic mass is 16.3. The molecule has 25 heavy (non-hydrogen) atoms. The highest BCUT2D eigenvalue weighted by Gasteiger charge is 2.24. The summed E-state index contributed by atoms with van der Waals surface area (Å²) in [7, 11) is 0. The fraction of sp³-hybridized carbons (Fsp3) is 0.833. The van der Waals surface area contributed by atoms with Gasteiger partial charge in [0.1, 0.15) is 11.6 Å². The van der Waals surface area contributed by atoms with Crippen molar-refractivity contribution in [1.29, 1.82) is 0 Å². The minimum atomic E-state index is -0.138. The molecule has 0 bridgehead atoms. The fourth-order valence-corrected chi connectivity index (χ4v) is 4.03. The van der Waals surface area contributed by atoms with Crippen LogP contribution in [0.15, 0.2) is 0 Å². The predicted octanol–water partition coefficient (Wildman–Crippen LogP) is 1.79. The number of nitrogens with zero attached hydrogens (tertiary/aromatic N) is 3. The van der Waals surface area contributed by atoms with Crippen LogP contribution in [0.2, 0.25) is 0 Å². The molecule has 1 aliphatic heterocycles. The zero-order valence-corrected chi connectivity index (χ0v) is 15.0. The molecule has 140 valence electrons. The Morgan fingerprint density at radius 2 is 1.96 bits per heavy atom. The SMILES string of the molecule is O=C(NCCc1nnc2n1CCCCC2)N[C@H]1CCCCC[C@@H]1CO. The van der Waals surface area contributed by atoms with Crippen LogP contribution in [0.5, 0.6) is 0 Å². The normalized spacial score (nSPS) is 24.0. The predicted molar refractivity (Wildman–Crippen MR) is 95.3 cm³/mol. The van der Waals surface area contributed by atoms with E-state index < -0.39 is 0 Å². The Labute approximate surface area is 149 Å². The van der Waals surface area contributed by atoms with Gasteiger partial charge in [-0.15, -0.1) is 10.2 Å². The second-order valence-corrected chi connectivity index (χ2v) is 7.33. The van der Waals surface area contributed by atoms with Crippen LogP contribution >= 0.6 is 0 Å². The van der Waals surface area contributed by atoms with Crippen LogP contribution in [0.1, 0.15) is 63.0 Å². The molecule has 7 heteroatoms. The van der Waals surface area contributed by atoms with Crippen LogP contribution in [-0.4, -0.2) is 45.1 Å². The van der Waals surface area contributed by atoms with E-state index in [2.05, 4.69) is 25.4 Å². The molecular formula is C18H31N5O2. The van der Waals surface area contributed by atoms with Crippen molar-refractivity contribution in [3.63, 3.8) is 0 Å². The van der Waals surface area contributed by atoms with Gasteiger partial charge in [0.25, 0.3) is 0 Å². The van der Waals surface area contributed by atoms with Gasteiger partial charge in [-0.2, -0.15) is 0 Å².